The van der Waals surface area contributed by atoms with E-state index in [1.807, 2.05) is 12.1 Å². The van der Waals surface area contributed by atoms with Crippen LogP contribution in [0.4, 0.5) is 0 Å². The first-order chi connectivity index (χ1) is 15.6. The van der Waals surface area contributed by atoms with Crippen LogP contribution in [0, 0.1) is 0 Å². The topological polar surface area (TPSA) is 38.7 Å². The molecule has 1 atom stereocenters. The lowest BCUT2D eigenvalue weighted by Gasteiger charge is -2.28. The number of ether oxygens (including phenoxy) is 2. The van der Waals surface area contributed by atoms with Gasteiger partial charge in [-0.1, -0.05) is 55.5 Å². The Hall–Kier alpha value is -3.30. The number of hydrogen-bond donors (Lipinski definition) is 1. The summed E-state index contributed by atoms with van der Waals surface area (Å²) in [5.74, 6) is 1.71. The SMILES string of the molecule is CCCOc1ccc2c(c1)-c1ccccc1C2(C)c1ccc2cc(OCCO)ccc2c1. The highest BCUT2D eigenvalue weighted by Gasteiger charge is 2.40. The first-order valence-corrected chi connectivity index (χ1v) is 11.3. The van der Waals surface area contributed by atoms with Crippen LogP contribution in [0.3, 0.4) is 0 Å². The van der Waals surface area contributed by atoms with Gasteiger partial charge in [0, 0.05) is 5.41 Å². The summed E-state index contributed by atoms with van der Waals surface area (Å²) in [6, 6.07) is 28.0. The van der Waals surface area contributed by atoms with E-state index < -0.39 is 0 Å². The minimum absolute atomic E-state index is 0.0132. The molecular weight excluding hydrogens is 396 g/mol. The van der Waals surface area contributed by atoms with E-state index >= 15 is 0 Å². The third kappa shape index (κ3) is 3.34. The van der Waals surface area contributed by atoms with Crippen molar-refractivity contribution in [2.75, 3.05) is 19.8 Å². The third-order valence-corrected chi connectivity index (χ3v) is 6.51. The molecule has 1 N–H and O–H groups in total. The number of aliphatic hydroxyl groups is 1. The van der Waals surface area contributed by atoms with Gasteiger partial charge < -0.3 is 14.6 Å². The highest BCUT2D eigenvalue weighted by Crippen LogP contribution is 2.53. The Balaban J connectivity index is 1.62. The van der Waals surface area contributed by atoms with Crippen molar-refractivity contribution in [1.29, 1.82) is 0 Å². The fourth-order valence-electron chi connectivity index (χ4n) is 4.89. The van der Waals surface area contributed by atoms with E-state index in [2.05, 4.69) is 80.6 Å². The summed E-state index contributed by atoms with van der Waals surface area (Å²) < 4.78 is 11.5. The minimum atomic E-state index is -0.241. The molecule has 3 heteroatoms. The lowest BCUT2D eigenvalue weighted by molar-refractivity contribution is 0.201. The van der Waals surface area contributed by atoms with Crippen LogP contribution in [0.15, 0.2) is 78.9 Å². The molecule has 5 rings (SSSR count). The summed E-state index contributed by atoms with van der Waals surface area (Å²) in [4.78, 5) is 0. The molecule has 1 aliphatic carbocycles. The van der Waals surface area contributed by atoms with Crippen molar-refractivity contribution >= 4 is 10.8 Å². The van der Waals surface area contributed by atoms with Crippen molar-refractivity contribution in [1.82, 2.24) is 0 Å². The van der Waals surface area contributed by atoms with Gasteiger partial charge in [-0.05, 0) is 82.3 Å². The van der Waals surface area contributed by atoms with E-state index in [1.54, 1.807) is 0 Å². The average Bonchev–Trinajstić information content (AvgIpc) is 3.10. The summed E-state index contributed by atoms with van der Waals surface area (Å²) in [5.41, 5.74) is 6.19. The Labute approximate surface area is 189 Å². The van der Waals surface area contributed by atoms with Crippen LogP contribution in [0.25, 0.3) is 21.9 Å². The zero-order valence-electron chi connectivity index (χ0n) is 18.6. The molecule has 0 aromatic heterocycles. The molecule has 0 bridgehead atoms. The van der Waals surface area contributed by atoms with Gasteiger partial charge in [0.05, 0.1) is 13.2 Å². The summed E-state index contributed by atoms with van der Waals surface area (Å²) in [7, 11) is 0. The zero-order chi connectivity index (χ0) is 22.1. The van der Waals surface area contributed by atoms with Crippen molar-refractivity contribution in [2.45, 2.75) is 25.7 Å². The van der Waals surface area contributed by atoms with Crippen LogP contribution in [-0.4, -0.2) is 24.9 Å². The van der Waals surface area contributed by atoms with Crippen LogP contribution in [0.1, 0.15) is 37.0 Å². The van der Waals surface area contributed by atoms with E-state index in [-0.39, 0.29) is 12.0 Å². The molecule has 1 aliphatic rings. The molecule has 0 heterocycles. The van der Waals surface area contributed by atoms with Gasteiger partial charge in [-0.15, -0.1) is 0 Å². The molecule has 0 radical (unpaired) electrons. The molecule has 1 unspecified atom stereocenters. The van der Waals surface area contributed by atoms with Gasteiger partial charge in [0.15, 0.2) is 0 Å². The van der Waals surface area contributed by atoms with Gasteiger partial charge in [0.2, 0.25) is 0 Å². The molecule has 32 heavy (non-hydrogen) atoms. The molecular formula is C29H28O3. The van der Waals surface area contributed by atoms with Crippen LogP contribution >= 0.6 is 0 Å². The van der Waals surface area contributed by atoms with Gasteiger partial charge in [-0.2, -0.15) is 0 Å². The van der Waals surface area contributed by atoms with Crippen molar-refractivity contribution in [3.05, 3.63) is 95.6 Å². The smallest absolute Gasteiger partial charge is 0.120 e. The van der Waals surface area contributed by atoms with Crippen molar-refractivity contribution in [2.24, 2.45) is 0 Å². The highest BCUT2D eigenvalue weighted by molar-refractivity contribution is 5.88. The third-order valence-electron chi connectivity index (χ3n) is 6.51. The minimum Gasteiger partial charge on any atom is -0.494 e. The van der Waals surface area contributed by atoms with Gasteiger partial charge >= 0.3 is 0 Å². The number of rotatable bonds is 7. The summed E-state index contributed by atoms with van der Waals surface area (Å²) in [6.07, 6.45) is 0.995. The van der Waals surface area contributed by atoms with Gasteiger partial charge in [-0.25, -0.2) is 0 Å². The molecule has 0 spiro atoms. The number of fused-ring (bicyclic) bond motifs is 4. The van der Waals surface area contributed by atoms with E-state index in [1.165, 1.54) is 33.2 Å². The van der Waals surface area contributed by atoms with Gasteiger partial charge in [0.1, 0.15) is 18.1 Å². The lowest BCUT2D eigenvalue weighted by atomic mass is 9.74. The Morgan fingerprint density at radius 3 is 2.25 bits per heavy atom. The van der Waals surface area contributed by atoms with Crippen LogP contribution < -0.4 is 9.47 Å². The maximum Gasteiger partial charge on any atom is 0.120 e. The molecule has 0 aliphatic heterocycles. The first kappa shape index (κ1) is 20.6. The maximum atomic E-state index is 9.01. The summed E-state index contributed by atoms with van der Waals surface area (Å²) in [6.45, 7) is 5.50. The normalized spacial score (nSPS) is 16.6. The van der Waals surface area contributed by atoms with Crippen molar-refractivity contribution in [3.63, 3.8) is 0 Å². The summed E-state index contributed by atoms with van der Waals surface area (Å²) in [5, 5.41) is 11.3. The molecule has 4 aromatic rings. The molecule has 3 nitrogen and oxygen atoms in total. The van der Waals surface area contributed by atoms with Crippen molar-refractivity contribution in [3.8, 4) is 22.6 Å². The second-order valence-electron chi connectivity index (χ2n) is 8.52. The Morgan fingerprint density at radius 1 is 0.719 bits per heavy atom. The Morgan fingerprint density at radius 2 is 1.41 bits per heavy atom. The molecule has 0 saturated carbocycles. The van der Waals surface area contributed by atoms with E-state index in [0.29, 0.717) is 6.61 Å². The van der Waals surface area contributed by atoms with Crippen molar-refractivity contribution < 1.29 is 14.6 Å². The monoisotopic (exact) mass is 424 g/mol. The van der Waals surface area contributed by atoms with Crippen LogP contribution in [0.5, 0.6) is 11.5 Å². The first-order valence-electron chi connectivity index (χ1n) is 11.3. The number of benzene rings is 4. The van der Waals surface area contributed by atoms with E-state index in [4.69, 9.17) is 14.6 Å². The standard InChI is InChI=1S/C29H28O3/c1-3-15-31-24-12-13-28-26(19-24)25-6-4-5-7-27(25)29(28,2)22-10-8-21-18-23(32-16-14-30)11-9-20(21)17-22/h4-13,17-19,30H,3,14-16H2,1-2H3. The highest BCUT2D eigenvalue weighted by atomic mass is 16.5. The molecule has 162 valence electrons. The molecule has 0 amide bonds. The fraction of sp³-hybridized carbons (Fsp3) is 0.241. The Kier molecular flexibility index (Phi) is 5.36. The molecule has 0 fully saturated rings. The average molecular weight is 425 g/mol. The predicted octanol–water partition coefficient (Wildman–Crippen LogP) is 6.33. The molecule has 0 saturated heterocycles. The fourth-order valence-corrected chi connectivity index (χ4v) is 4.89. The second-order valence-corrected chi connectivity index (χ2v) is 8.52. The zero-order valence-corrected chi connectivity index (χ0v) is 18.6. The van der Waals surface area contributed by atoms with E-state index in [9.17, 15) is 0 Å². The van der Waals surface area contributed by atoms with Gasteiger partial charge in [-0.3, -0.25) is 0 Å². The van der Waals surface area contributed by atoms with Crippen LogP contribution in [0.2, 0.25) is 0 Å². The van der Waals surface area contributed by atoms with Crippen LogP contribution in [-0.2, 0) is 5.41 Å². The quantitative estimate of drug-likeness (QED) is 0.376. The van der Waals surface area contributed by atoms with Gasteiger partial charge in [0.25, 0.3) is 0 Å². The molecule has 4 aromatic carbocycles. The maximum absolute atomic E-state index is 9.01. The predicted molar refractivity (Wildman–Crippen MR) is 130 cm³/mol. The number of hydrogen-bond acceptors (Lipinski definition) is 3. The van der Waals surface area contributed by atoms with E-state index in [0.717, 1.165) is 29.9 Å². The Bertz CT molecular complexity index is 1280. The largest absolute Gasteiger partial charge is 0.494 e. The number of aliphatic hydroxyl groups excluding tert-OH is 1. The summed E-state index contributed by atoms with van der Waals surface area (Å²) >= 11 is 0. The lowest BCUT2D eigenvalue weighted by Crippen LogP contribution is -2.22. The second kappa shape index (κ2) is 8.33.